The molecule has 0 aliphatic heterocycles. The summed E-state index contributed by atoms with van der Waals surface area (Å²) in [6.45, 7) is 2.54. The van der Waals surface area contributed by atoms with Crippen molar-refractivity contribution in [2.75, 3.05) is 0 Å². The highest BCUT2D eigenvalue weighted by molar-refractivity contribution is 6.35. The molecule has 0 aliphatic rings. The molecule has 0 bridgehead atoms. The Balaban J connectivity index is 2.11. The van der Waals surface area contributed by atoms with E-state index >= 15 is 0 Å². The van der Waals surface area contributed by atoms with Gasteiger partial charge in [-0.1, -0.05) is 36.2 Å². The van der Waals surface area contributed by atoms with Gasteiger partial charge in [-0.3, -0.25) is 5.41 Å². The van der Waals surface area contributed by atoms with Crippen LogP contribution in [0.5, 0.6) is 0 Å². The molecule has 22 heavy (non-hydrogen) atoms. The van der Waals surface area contributed by atoms with Crippen molar-refractivity contribution in [2.45, 2.75) is 26.3 Å². The number of rotatable bonds is 4. The Hall–Kier alpha value is -1.85. The first kappa shape index (κ1) is 15.1. The maximum absolute atomic E-state index is 7.92. The molecule has 0 aliphatic carbocycles. The number of halogens is 2. The predicted octanol–water partition coefficient (Wildman–Crippen LogP) is 3.55. The van der Waals surface area contributed by atoms with Gasteiger partial charge < -0.3 is 9.55 Å². The standard InChI is InChI=1S/C15H15Cl2N5/c1-2-4-12-20-13-14(18)19-8-22(15(13)21-12)7-9-10(16)5-3-6-11(9)17/h3,5-6,8,18H,2,4,7H2,1H3,(H,20,21). The molecule has 0 radical (unpaired) electrons. The van der Waals surface area contributed by atoms with Crippen LogP contribution in [0.15, 0.2) is 24.5 Å². The molecular weight excluding hydrogens is 321 g/mol. The number of aryl methyl sites for hydroxylation is 1. The Morgan fingerprint density at radius 3 is 2.68 bits per heavy atom. The van der Waals surface area contributed by atoms with Crippen molar-refractivity contribution >= 4 is 34.4 Å². The molecule has 7 heteroatoms. The number of nitrogens with one attached hydrogen (secondary N) is 2. The molecule has 2 heterocycles. The van der Waals surface area contributed by atoms with Crippen LogP contribution in [0.2, 0.25) is 10.0 Å². The maximum Gasteiger partial charge on any atom is 0.173 e. The average molecular weight is 336 g/mol. The molecule has 3 rings (SSSR count). The molecule has 0 fully saturated rings. The number of aromatic amines is 1. The van der Waals surface area contributed by atoms with E-state index in [0.717, 1.165) is 24.2 Å². The molecule has 2 N–H and O–H groups in total. The van der Waals surface area contributed by atoms with E-state index in [9.17, 15) is 0 Å². The van der Waals surface area contributed by atoms with Crippen LogP contribution in [0.3, 0.4) is 0 Å². The summed E-state index contributed by atoms with van der Waals surface area (Å²) >= 11 is 12.5. The average Bonchev–Trinajstić information content (AvgIpc) is 2.90. The Kier molecular flexibility index (Phi) is 4.18. The number of imidazole rings is 1. The third-order valence-corrected chi connectivity index (χ3v) is 4.15. The first-order valence-corrected chi connectivity index (χ1v) is 7.77. The zero-order valence-corrected chi connectivity index (χ0v) is 13.5. The second-order valence-corrected chi connectivity index (χ2v) is 5.87. The monoisotopic (exact) mass is 335 g/mol. The molecule has 114 valence electrons. The van der Waals surface area contributed by atoms with Crippen LogP contribution in [0, 0.1) is 5.41 Å². The van der Waals surface area contributed by atoms with Gasteiger partial charge >= 0.3 is 0 Å². The number of hydrogen-bond donors (Lipinski definition) is 2. The lowest BCUT2D eigenvalue weighted by atomic mass is 10.2. The van der Waals surface area contributed by atoms with Crippen LogP contribution in [0.25, 0.3) is 11.2 Å². The summed E-state index contributed by atoms with van der Waals surface area (Å²) in [7, 11) is 0. The molecule has 0 atom stereocenters. The lowest BCUT2D eigenvalue weighted by molar-refractivity contribution is 0.780. The van der Waals surface area contributed by atoms with Crippen LogP contribution in [-0.4, -0.2) is 19.5 Å². The van der Waals surface area contributed by atoms with Crippen molar-refractivity contribution in [1.82, 2.24) is 19.5 Å². The van der Waals surface area contributed by atoms with Crippen molar-refractivity contribution in [2.24, 2.45) is 0 Å². The highest BCUT2D eigenvalue weighted by Crippen LogP contribution is 2.25. The molecule has 5 nitrogen and oxygen atoms in total. The summed E-state index contributed by atoms with van der Waals surface area (Å²) in [6, 6.07) is 5.42. The largest absolute Gasteiger partial charge is 0.338 e. The third kappa shape index (κ3) is 2.74. The summed E-state index contributed by atoms with van der Waals surface area (Å²) in [5, 5.41) is 9.13. The van der Waals surface area contributed by atoms with E-state index < -0.39 is 0 Å². The van der Waals surface area contributed by atoms with Gasteiger partial charge in [0.1, 0.15) is 11.3 Å². The van der Waals surface area contributed by atoms with Crippen LogP contribution >= 0.6 is 23.2 Å². The minimum atomic E-state index is 0.186. The third-order valence-electron chi connectivity index (χ3n) is 3.45. The summed E-state index contributed by atoms with van der Waals surface area (Å²) in [5.41, 5.74) is 2.33. The van der Waals surface area contributed by atoms with E-state index in [1.54, 1.807) is 18.5 Å². The Morgan fingerprint density at radius 2 is 2.00 bits per heavy atom. The molecule has 0 amide bonds. The van der Waals surface area contributed by atoms with Gasteiger partial charge in [-0.2, -0.15) is 0 Å². The van der Waals surface area contributed by atoms with E-state index in [4.69, 9.17) is 28.6 Å². The summed E-state index contributed by atoms with van der Waals surface area (Å²) in [6.07, 6.45) is 3.42. The minimum absolute atomic E-state index is 0.186. The SMILES string of the molecule is CCCc1nc2c([nH]1)c(=N)ncn2Cc1c(Cl)cccc1Cl. The van der Waals surface area contributed by atoms with Gasteiger partial charge in [0, 0.05) is 22.0 Å². The second-order valence-electron chi connectivity index (χ2n) is 5.05. The Morgan fingerprint density at radius 1 is 1.27 bits per heavy atom. The van der Waals surface area contributed by atoms with Crippen LogP contribution in [-0.2, 0) is 13.0 Å². The maximum atomic E-state index is 7.92. The lowest BCUT2D eigenvalue weighted by Gasteiger charge is -2.10. The van der Waals surface area contributed by atoms with E-state index in [1.165, 1.54) is 0 Å². The zero-order valence-electron chi connectivity index (χ0n) is 12.0. The van der Waals surface area contributed by atoms with Crippen LogP contribution in [0.4, 0.5) is 0 Å². The number of H-pyrrole nitrogens is 1. The highest BCUT2D eigenvalue weighted by atomic mass is 35.5. The molecule has 0 spiro atoms. The van der Waals surface area contributed by atoms with E-state index in [-0.39, 0.29) is 5.49 Å². The number of hydrogen-bond acceptors (Lipinski definition) is 3. The van der Waals surface area contributed by atoms with Gasteiger partial charge in [0.15, 0.2) is 11.1 Å². The number of nitrogens with zero attached hydrogens (tertiary/aromatic N) is 3. The molecule has 0 unspecified atom stereocenters. The van der Waals surface area contributed by atoms with E-state index in [0.29, 0.717) is 27.8 Å². The first-order valence-electron chi connectivity index (χ1n) is 7.01. The van der Waals surface area contributed by atoms with Crippen molar-refractivity contribution in [3.8, 4) is 0 Å². The Bertz CT molecular complexity index is 861. The fourth-order valence-corrected chi connectivity index (χ4v) is 2.87. The number of aromatic nitrogens is 4. The zero-order chi connectivity index (χ0) is 15.7. The fourth-order valence-electron chi connectivity index (χ4n) is 2.36. The molecule has 0 saturated heterocycles. The van der Waals surface area contributed by atoms with Gasteiger partial charge in [-0.05, 0) is 18.6 Å². The van der Waals surface area contributed by atoms with Crippen molar-refractivity contribution in [3.63, 3.8) is 0 Å². The van der Waals surface area contributed by atoms with Crippen LogP contribution in [0.1, 0.15) is 24.7 Å². The molecule has 0 saturated carbocycles. The molecule has 3 aromatic rings. The van der Waals surface area contributed by atoms with Crippen molar-refractivity contribution in [1.29, 1.82) is 5.41 Å². The van der Waals surface area contributed by atoms with Gasteiger partial charge in [-0.25, -0.2) is 9.97 Å². The predicted molar refractivity (Wildman–Crippen MR) is 87.3 cm³/mol. The van der Waals surface area contributed by atoms with E-state index in [2.05, 4.69) is 21.9 Å². The van der Waals surface area contributed by atoms with E-state index in [1.807, 2.05) is 10.6 Å². The fraction of sp³-hybridized carbons (Fsp3) is 0.267. The minimum Gasteiger partial charge on any atom is -0.338 e. The number of fused-ring (bicyclic) bond motifs is 1. The summed E-state index contributed by atoms with van der Waals surface area (Å²) in [4.78, 5) is 11.9. The topological polar surface area (TPSA) is 70.3 Å². The van der Waals surface area contributed by atoms with Gasteiger partial charge in [-0.15, -0.1) is 0 Å². The van der Waals surface area contributed by atoms with Crippen LogP contribution < -0.4 is 5.49 Å². The normalized spacial score (nSPS) is 11.2. The van der Waals surface area contributed by atoms with Crippen molar-refractivity contribution < 1.29 is 0 Å². The van der Waals surface area contributed by atoms with Gasteiger partial charge in [0.25, 0.3) is 0 Å². The summed E-state index contributed by atoms with van der Waals surface area (Å²) in [5.74, 6) is 0.859. The second kappa shape index (κ2) is 6.10. The first-order chi connectivity index (χ1) is 10.6. The summed E-state index contributed by atoms with van der Waals surface area (Å²) < 4.78 is 1.86. The molecular formula is C15H15Cl2N5. The quantitative estimate of drug-likeness (QED) is 0.765. The van der Waals surface area contributed by atoms with Gasteiger partial charge in [0.05, 0.1) is 12.9 Å². The van der Waals surface area contributed by atoms with Gasteiger partial charge in [0.2, 0.25) is 0 Å². The molecule has 2 aromatic heterocycles. The lowest BCUT2D eigenvalue weighted by Crippen LogP contribution is -2.13. The Labute approximate surface area is 137 Å². The number of benzene rings is 1. The molecule has 1 aromatic carbocycles. The van der Waals surface area contributed by atoms with Crippen molar-refractivity contribution in [3.05, 3.63) is 51.4 Å². The highest BCUT2D eigenvalue weighted by Gasteiger charge is 2.12. The smallest absolute Gasteiger partial charge is 0.173 e.